The fourth-order valence-electron chi connectivity index (χ4n) is 6.81. The molecule has 0 bridgehead atoms. The van der Waals surface area contributed by atoms with E-state index in [1.54, 1.807) is 6.07 Å². The summed E-state index contributed by atoms with van der Waals surface area (Å²) in [6.07, 6.45) is 6.49. The molecule has 1 aliphatic carbocycles. The Kier molecular flexibility index (Phi) is 8.36. The van der Waals surface area contributed by atoms with Gasteiger partial charge < -0.3 is 14.6 Å². The molecule has 2 aromatic carbocycles. The predicted octanol–water partition coefficient (Wildman–Crippen LogP) is 6.91. The normalized spacial score (nSPS) is 20.4. The highest BCUT2D eigenvalue weighted by molar-refractivity contribution is 5.71. The largest absolute Gasteiger partial charge is 0.485 e. The fourth-order valence-corrected chi connectivity index (χ4v) is 6.81. The number of carboxylic acid groups (broad SMARTS) is 1. The molecular formula is C35H38FN3O4. The molecule has 1 aromatic heterocycles. The number of benzene rings is 2. The van der Waals surface area contributed by atoms with Gasteiger partial charge >= 0.3 is 5.97 Å². The number of carboxylic acids is 1. The summed E-state index contributed by atoms with van der Waals surface area (Å²) >= 11 is 0. The molecule has 3 aliphatic rings. The van der Waals surface area contributed by atoms with Crippen LogP contribution in [0.2, 0.25) is 0 Å². The number of aromatic nitrogens is 1. The molecule has 8 heteroatoms. The van der Waals surface area contributed by atoms with Gasteiger partial charge in [0.1, 0.15) is 17.7 Å². The standard InChI is InChI=1S/C35H38FN3O4/c1-21(35(40)41)34(24-4-5-24)26-6-3-23-8-10-31(43-32(23)16-26)25-7-9-28(29-17-33(42-2)38-19-30(29)36)27(15-25)20-39-13-11-22(18-37)12-14-39/h3,6-7,9,15-17,19,21-22,24,31,34H,4-5,8,10-14,20H2,1-2H3,(H,40,41)/t21-,31-,34-/m0/s1. The van der Waals surface area contributed by atoms with Gasteiger partial charge in [0, 0.05) is 24.1 Å². The lowest BCUT2D eigenvalue weighted by Gasteiger charge is -2.31. The van der Waals surface area contributed by atoms with E-state index < -0.39 is 17.7 Å². The van der Waals surface area contributed by atoms with E-state index in [0.29, 0.717) is 23.9 Å². The van der Waals surface area contributed by atoms with Gasteiger partial charge in [-0.3, -0.25) is 9.69 Å². The number of likely N-dealkylation sites (tertiary alicyclic amines) is 1. The van der Waals surface area contributed by atoms with Gasteiger partial charge in [-0.1, -0.05) is 37.3 Å². The van der Waals surface area contributed by atoms with Gasteiger partial charge in [0.05, 0.1) is 25.3 Å². The quantitative estimate of drug-likeness (QED) is 0.292. The first-order chi connectivity index (χ1) is 20.8. The zero-order valence-corrected chi connectivity index (χ0v) is 24.8. The van der Waals surface area contributed by atoms with Crippen molar-refractivity contribution in [3.63, 3.8) is 0 Å². The molecule has 0 radical (unpaired) electrons. The topological polar surface area (TPSA) is 95.7 Å². The van der Waals surface area contributed by atoms with Crippen LogP contribution in [0.1, 0.15) is 73.3 Å². The molecule has 1 N–H and O–H groups in total. The summed E-state index contributed by atoms with van der Waals surface area (Å²) in [5, 5.41) is 19.1. The van der Waals surface area contributed by atoms with E-state index in [0.717, 1.165) is 85.2 Å². The number of nitriles is 1. The highest BCUT2D eigenvalue weighted by Crippen LogP contribution is 2.48. The molecule has 2 aliphatic heterocycles. The maximum atomic E-state index is 15.1. The first-order valence-electron chi connectivity index (χ1n) is 15.3. The lowest BCUT2D eigenvalue weighted by molar-refractivity contribution is -0.142. The first-order valence-corrected chi connectivity index (χ1v) is 15.3. The van der Waals surface area contributed by atoms with Crippen molar-refractivity contribution < 1.29 is 23.8 Å². The lowest BCUT2D eigenvalue weighted by atomic mass is 9.82. The number of nitrogens with zero attached hydrogens (tertiary/aromatic N) is 3. The van der Waals surface area contributed by atoms with Crippen molar-refractivity contribution in [1.82, 2.24) is 9.88 Å². The van der Waals surface area contributed by atoms with Crippen LogP contribution in [0.3, 0.4) is 0 Å². The van der Waals surface area contributed by atoms with E-state index in [2.05, 4.69) is 40.2 Å². The van der Waals surface area contributed by atoms with Crippen LogP contribution in [-0.4, -0.2) is 41.2 Å². The highest BCUT2D eigenvalue weighted by atomic mass is 19.1. The third-order valence-electron chi connectivity index (χ3n) is 9.47. The number of carbonyl (C=O) groups is 1. The average molecular weight is 584 g/mol. The Morgan fingerprint density at radius 3 is 2.63 bits per heavy atom. The zero-order chi connectivity index (χ0) is 30.1. The molecule has 224 valence electrons. The number of aryl methyl sites for hydroxylation is 1. The molecule has 3 atom stereocenters. The SMILES string of the molecule is COc1cc(-c2ccc([C@@H]3CCc4ccc([C@H](C5CC5)[C@H](C)C(=O)O)cc4O3)cc2CN2CCC(C#N)CC2)c(F)cn1. The van der Waals surface area contributed by atoms with Crippen LogP contribution in [0, 0.1) is 34.9 Å². The van der Waals surface area contributed by atoms with Crippen LogP contribution in [0.25, 0.3) is 11.1 Å². The third-order valence-corrected chi connectivity index (χ3v) is 9.47. The second-order valence-electron chi connectivity index (χ2n) is 12.3. The Labute approximate surface area is 252 Å². The number of aliphatic carboxylic acids is 1. The van der Waals surface area contributed by atoms with Crippen molar-refractivity contribution in [2.75, 3.05) is 20.2 Å². The second kappa shape index (κ2) is 12.3. The predicted molar refractivity (Wildman–Crippen MR) is 160 cm³/mol. The molecule has 43 heavy (non-hydrogen) atoms. The summed E-state index contributed by atoms with van der Waals surface area (Å²) in [5.41, 5.74) is 5.43. The van der Waals surface area contributed by atoms with Crippen molar-refractivity contribution in [3.05, 3.63) is 76.7 Å². The number of ether oxygens (including phenoxy) is 2. The van der Waals surface area contributed by atoms with E-state index in [1.165, 1.54) is 13.3 Å². The Morgan fingerprint density at radius 1 is 1.14 bits per heavy atom. The second-order valence-corrected chi connectivity index (χ2v) is 12.3. The van der Waals surface area contributed by atoms with E-state index in [1.807, 2.05) is 19.1 Å². The van der Waals surface area contributed by atoms with E-state index in [4.69, 9.17) is 9.47 Å². The van der Waals surface area contributed by atoms with Gasteiger partial charge in [0.15, 0.2) is 0 Å². The summed E-state index contributed by atoms with van der Waals surface area (Å²) < 4.78 is 27.0. The summed E-state index contributed by atoms with van der Waals surface area (Å²) in [6, 6.07) is 16.4. The van der Waals surface area contributed by atoms with Gasteiger partial charge in [0.25, 0.3) is 0 Å². The van der Waals surface area contributed by atoms with E-state index in [-0.39, 0.29) is 17.9 Å². The molecule has 3 heterocycles. The number of methoxy groups -OCH3 is 1. The fraction of sp³-hybridized carbons (Fsp3) is 0.457. The molecule has 6 rings (SSSR count). The Hall–Kier alpha value is -3.96. The van der Waals surface area contributed by atoms with Crippen molar-refractivity contribution in [3.8, 4) is 28.8 Å². The minimum Gasteiger partial charge on any atom is -0.485 e. The number of halogens is 1. The van der Waals surface area contributed by atoms with Gasteiger partial charge in [-0.05, 0) is 97.3 Å². The number of rotatable bonds is 9. The van der Waals surface area contributed by atoms with Crippen LogP contribution in [0.15, 0.2) is 48.7 Å². The van der Waals surface area contributed by atoms with Crippen LogP contribution in [0.4, 0.5) is 4.39 Å². The summed E-state index contributed by atoms with van der Waals surface area (Å²) in [6.45, 7) is 4.07. The third kappa shape index (κ3) is 6.23. The minimum atomic E-state index is -0.763. The summed E-state index contributed by atoms with van der Waals surface area (Å²) in [7, 11) is 1.52. The van der Waals surface area contributed by atoms with Gasteiger partial charge in [-0.15, -0.1) is 0 Å². The maximum Gasteiger partial charge on any atom is 0.306 e. The number of hydrogen-bond donors (Lipinski definition) is 1. The molecular weight excluding hydrogens is 545 g/mol. The molecule has 1 saturated carbocycles. The molecule has 0 spiro atoms. The van der Waals surface area contributed by atoms with Crippen molar-refractivity contribution >= 4 is 5.97 Å². The van der Waals surface area contributed by atoms with Crippen molar-refractivity contribution in [2.45, 2.75) is 64.0 Å². The number of fused-ring (bicyclic) bond motifs is 1. The molecule has 3 aromatic rings. The van der Waals surface area contributed by atoms with Crippen LogP contribution < -0.4 is 9.47 Å². The number of pyridine rings is 1. The van der Waals surface area contributed by atoms with Crippen LogP contribution >= 0.6 is 0 Å². The number of hydrogen-bond acceptors (Lipinski definition) is 6. The number of piperidine rings is 1. The van der Waals surface area contributed by atoms with Gasteiger partial charge in [-0.2, -0.15) is 5.26 Å². The highest BCUT2D eigenvalue weighted by Gasteiger charge is 2.39. The Balaban J connectivity index is 1.31. The van der Waals surface area contributed by atoms with Gasteiger partial charge in [0.2, 0.25) is 5.88 Å². The maximum absolute atomic E-state index is 15.1. The van der Waals surface area contributed by atoms with Crippen molar-refractivity contribution in [1.29, 1.82) is 5.26 Å². The van der Waals surface area contributed by atoms with Crippen LogP contribution in [-0.2, 0) is 17.8 Å². The molecule has 7 nitrogen and oxygen atoms in total. The minimum absolute atomic E-state index is 0.0184. The molecule has 0 amide bonds. The average Bonchev–Trinajstić information content (AvgIpc) is 3.87. The van der Waals surface area contributed by atoms with E-state index in [9.17, 15) is 15.2 Å². The van der Waals surface area contributed by atoms with Crippen molar-refractivity contribution in [2.24, 2.45) is 17.8 Å². The monoisotopic (exact) mass is 583 g/mol. The van der Waals surface area contributed by atoms with E-state index >= 15 is 4.39 Å². The summed E-state index contributed by atoms with van der Waals surface area (Å²) in [4.78, 5) is 18.2. The molecule has 0 unspecified atom stereocenters. The molecule has 1 saturated heterocycles. The van der Waals surface area contributed by atoms with Crippen LogP contribution in [0.5, 0.6) is 11.6 Å². The lowest BCUT2D eigenvalue weighted by Crippen LogP contribution is -2.33. The first kappa shape index (κ1) is 29.1. The smallest absolute Gasteiger partial charge is 0.306 e. The zero-order valence-electron chi connectivity index (χ0n) is 24.8. The van der Waals surface area contributed by atoms with Gasteiger partial charge in [-0.25, -0.2) is 9.37 Å². The summed E-state index contributed by atoms with van der Waals surface area (Å²) in [5.74, 6) is 0.0274. The molecule has 2 fully saturated rings. The Bertz CT molecular complexity index is 1540. The Morgan fingerprint density at radius 2 is 1.93 bits per heavy atom.